The summed E-state index contributed by atoms with van der Waals surface area (Å²) >= 11 is 6.03. The zero-order valence-electron chi connectivity index (χ0n) is 15.3. The molecule has 0 aromatic heterocycles. The fraction of sp³-hybridized carbons (Fsp3) is 0.286. The van der Waals surface area contributed by atoms with E-state index in [4.69, 9.17) is 25.8 Å². The first-order valence-electron chi connectivity index (χ1n) is 8.68. The molecular weight excluding hydrogens is 366 g/mol. The molecule has 0 saturated carbocycles. The van der Waals surface area contributed by atoms with Gasteiger partial charge < -0.3 is 19.5 Å². The molecule has 1 aliphatic heterocycles. The molecule has 0 amide bonds. The maximum Gasteiger partial charge on any atom is 0.186 e. The molecule has 1 saturated heterocycles. The molecule has 1 aliphatic rings. The van der Waals surface area contributed by atoms with Crippen molar-refractivity contribution in [1.29, 1.82) is 0 Å². The zero-order valence-corrected chi connectivity index (χ0v) is 16.1. The summed E-state index contributed by atoms with van der Waals surface area (Å²) in [5, 5.41) is 3.82. The molecule has 0 radical (unpaired) electrons. The van der Waals surface area contributed by atoms with Crippen molar-refractivity contribution in [2.24, 2.45) is 0 Å². The average Bonchev–Trinajstić information content (AvgIpc) is 2.72. The summed E-state index contributed by atoms with van der Waals surface area (Å²) in [4.78, 5) is 12.8. The van der Waals surface area contributed by atoms with Gasteiger partial charge in [0, 0.05) is 18.1 Å². The Morgan fingerprint density at radius 1 is 1.11 bits per heavy atom. The molecule has 1 unspecified atom stereocenters. The fourth-order valence-electron chi connectivity index (χ4n) is 2.95. The van der Waals surface area contributed by atoms with Crippen molar-refractivity contribution in [3.63, 3.8) is 0 Å². The van der Waals surface area contributed by atoms with Gasteiger partial charge in [0.2, 0.25) is 0 Å². The van der Waals surface area contributed by atoms with E-state index in [1.165, 1.54) is 0 Å². The summed E-state index contributed by atoms with van der Waals surface area (Å²) in [6.45, 7) is 1.79. The van der Waals surface area contributed by atoms with Crippen LogP contribution in [0, 0.1) is 0 Å². The SMILES string of the molecule is COc1ccc(/C(=C/C(=O)C2CNCCO2)c2ccc(Cl)cc2)cc1OC. The van der Waals surface area contributed by atoms with E-state index in [-0.39, 0.29) is 5.78 Å². The number of hydrogen-bond acceptors (Lipinski definition) is 5. The minimum absolute atomic E-state index is 0.0815. The van der Waals surface area contributed by atoms with E-state index >= 15 is 0 Å². The molecule has 2 aromatic carbocycles. The van der Waals surface area contributed by atoms with E-state index in [9.17, 15) is 4.79 Å². The van der Waals surface area contributed by atoms with Crippen LogP contribution in [0.5, 0.6) is 11.5 Å². The summed E-state index contributed by atoms with van der Waals surface area (Å²) in [7, 11) is 3.17. The van der Waals surface area contributed by atoms with Crippen LogP contribution in [-0.4, -0.2) is 45.8 Å². The van der Waals surface area contributed by atoms with Gasteiger partial charge in [0.05, 0.1) is 20.8 Å². The van der Waals surface area contributed by atoms with Crippen molar-refractivity contribution in [2.75, 3.05) is 33.9 Å². The monoisotopic (exact) mass is 387 g/mol. The van der Waals surface area contributed by atoms with E-state index in [1.807, 2.05) is 30.3 Å². The summed E-state index contributed by atoms with van der Waals surface area (Å²) in [5.74, 6) is 1.14. The normalized spacial score (nSPS) is 17.4. The lowest BCUT2D eigenvalue weighted by molar-refractivity contribution is -0.126. The number of ether oxygens (including phenoxy) is 3. The minimum atomic E-state index is -0.485. The van der Waals surface area contributed by atoms with E-state index in [2.05, 4.69) is 5.32 Å². The van der Waals surface area contributed by atoms with E-state index < -0.39 is 6.10 Å². The first-order valence-corrected chi connectivity index (χ1v) is 9.06. The number of methoxy groups -OCH3 is 2. The van der Waals surface area contributed by atoms with Gasteiger partial charge in [-0.05, 0) is 47.0 Å². The molecule has 1 atom stereocenters. The van der Waals surface area contributed by atoms with E-state index in [0.29, 0.717) is 29.7 Å². The maximum absolute atomic E-state index is 12.8. The van der Waals surface area contributed by atoms with Gasteiger partial charge in [0.15, 0.2) is 17.3 Å². The van der Waals surface area contributed by atoms with Gasteiger partial charge in [0.25, 0.3) is 0 Å². The van der Waals surface area contributed by atoms with Crippen molar-refractivity contribution in [3.05, 3.63) is 64.7 Å². The van der Waals surface area contributed by atoms with Crippen LogP contribution in [-0.2, 0) is 9.53 Å². The molecule has 27 heavy (non-hydrogen) atoms. The summed E-state index contributed by atoms with van der Waals surface area (Å²) in [5.41, 5.74) is 2.49. The standard InChI is InChI=1S/C21H22ClNO4/c1-25-19-8-5-15(11-20(19)26-2)17(14-3-6-16(22)7-4-14)12-18(24)21-13-23-9-10-27-21/h3-8,11-12,21,23H,9-10,13H2,1-2H3/b17-12+. The summed E-state index contributed by atoms with van der Waals surface area (Å²) < 4.78 is 16.3. The Morgan fingerprint density at radius 2 is 1.81 bits per heavy atom. The lowest BCUT2D eigenvalue weighted by atomic mass is 9.95. The van der Waals surface area contributed by atoms with Crippen LogP contribution in [0.3, 0.4) is 0 Å². The Hall–Kier alpha value is -2.34. The molecule has 1 heterocycles. The van der Waals surface area contributed by atoms with Crippen molar-refractivity contribution in [1.82, 2.24) is 5.32 Å². The van der Waals surface area contributed by atoms with Crippen LogP contribution < -0.4 is 14.8 Å². The number of hydrogen-bond donors (Lipinski definition) is 1. The predicted molar refractivity (Wildman–Crippen MR) is 106 cm³/mol. The number of ketones is 1. The number of nitrogens with one attached hydrogen (secondary N) is 1. The second kappa shape index (κ2) is 9.04. The molecule has 1 N–H and O–H groups in total. The Balaban J connectivity index is 2.03. The largest absolute Gasteiger partial charge is 0.493 e. The van der Waals surface area contributed by atoms with Gasteiger partial charge in [-0.25, -0.2) is 0 Å². The summed E-state index contributed by atoms with van der Waals surface area (Å²) in [6.07, 6.45) is 1.14. The van der Waals surface area contributed by atoms with Gasteiger partial charge in [-0.3, -0.25) is 4.79 Å². The smallest absolute Gasteiger partial charge is 0.186 e. The molecule has 0 spiro atoms. The van der Waals surface area contributed by atoms with Crippen LogP contribution in [0.25, 0.3) is 5.57 Å². The molecular formula is C21H22ClNO4. The highest BCUT2D eigenvalue weighted by Crippen LogP contribution is 2.33. The summed E-state index contributed by atoms with van der Waals surface area (Å²) in [6, 6.07) is 12.9. The maximum atomic E-state index is 12.8. The molecule has 2 aromatic rings. The Kier molecular flexibility index (Phi) is 6.50. The van der Waals surface area contributed by atoms with E-state index in [0.717, 1.165) is 23.2 Å². The van der Waals surface area contributed by atoms with Crippen LogP contribution >= 0.6 is 11.6 Å². The number of carbonyl (C=O) groups is 1. The number of carbonyl (C=O) groups excluding carboxylic acids is 1. The number of morpholine rings is 1. The molecule has 0 aliphatic carbocycles. The van der Waals surface area contributed by atoms with Crippen LogP contribution in [0.4, 0.5) is 0 Å². The minimum Gasteiger partial charge on any atom is -0.493 e. The topological polar surface area (TPSA) is 56.8 Å². The molecule has 142 valence electrons. The third kappa shape index (κ3) is 4.69. The highest BCUT2D eigenvalue weighted by atomic mass is 35.5. The van der Waals surface area contributed by atoms with E-state index in [1.54, 1.807) is 32.4 Å². The Labute approximate surface area is 163 Å². The highest BCUT2D eigenvalue weighted by molar-refractivity contribution is 6.30. The van der Waals surface area contributed by atoms with Crippen LogP contribution in [0.1, 0.15) is 11.1 Å². The zero-order chi connectivity index (χ0) is 19.2. The highest BCUT2D eigenvalue weighted by Gasteiger charge is 2.21. The van der Waals surface area contributed by atoms with Gasteiger partial charge in [0.1, 0.15) is 6.10 Å². The number of rotatable bonds is 6. The number of halogens is 1. The fourth-order valence-corrected chi connectivity index (χ4v) is 3.08. The predicted octanol–water partition coefficient (Wildman–Crippen LogP) is 3.35. The third-order valence-electron chi connectivity index (χ3n) is 4.38. The first-order chi connectivity index (χ1) is 13.1. The second-order valence-corrected chi connectivity index (χ2v) is 6.54. The number of benzene rings is 2. The first kappa shape index (κ1) is 19.4. The molecule has 6 heteroatoms. The van der Waals surface area contributed by atoms with Crippen LogP contribution in [0.2, 0.25) is 5.02 Å². The molecule has 5 nitrogen and oxygen atoms in total. The van der Waals surface area contributed by atoms with Crippen LogP contribution in [0.15, 0.2) is 48.5 Å². The Morgan fingerprint density at radius 3 is 2.44 bits per heavy atom. The lowest BCUT2D eigenvalue weighted by Gasteiger charge is -2.22. The average molecular weight is 388 g/mol. The van der Waals surface area contributed by atoms with Gasteiger partial charge in [-0.1, -0.05) is 29.8 Å². The Bertz CT molecular complexity index is 827. The molecule has 0 bridgehead atoms. The van der Waals surface area contributed by atoms with Crippen molar-refractivity contribution in [2.45, 2.75) is 6.10 Å². The van der Waals surface area contributed by atoms with Crippen molar-refractivity contribution < 1.29 is 19.0 Å². The van der Waals surface area contributed by atoms with Gasteiger partial charge in [-0.2, -0.15) is 0 Å². The van der Waals surface area contributed by atoms with Crippen molar-refractivity contribution in [3.8, 4) is 11.5 Å². The third-order valence-corrected chi connectivity index (χ3v) is 4.63. The van der Waals surface area contributed by atoms with Crippen molar-refractivity contribution >= 4 is 23.0 Å². The molecule has 1 fully saturated rings. The second-order valence-electron chi connectivity index (χ2n) is 6.10. The molecule has 3 rings (SSSR count). The van der Waals surface area contributed by atoms with Gasteiger partial charge >= 0.3 is 0 Å². The quantitative estimate of drug-likeness (QED) is 0.770. The lowest BCUT2D eigenvalue weighted by Crippen LogP contribution is -2.42. The van der Waals surface area contributed by atoms with Gasteiger partial charge in [-0.15, -0.1) is 0 Å².